The highest BCUT2D eigenvalue weighted by Crippen LogP contribution is 2.30. The number of benzene rings is 2. The van der Waals surface area contributed by atoms with E-state index in [1.165, 1.54) is 14.2 Å². The number of aliphatic hydroxyl groups is 1. The topological polar surface area (TPSA) is 55.8 Å². The predicted octanol–water partition coefficient (Wildman–Crippen LogP) is 3.01. The zero-order valence-electron chi connectivity index (χ0n) is 13.2. The lowest BCUT2D eigenvalue weighted by Crippen LogP contribution is -2.39. The Bertz CT molecular complexity index is 548. The van der Waals surface area contributed by atoms with Gasteiger partial charge in [-0.25, -0.2) is 0 Å². The second-order valence-electron chi connectivity index (χ2n) is 4.40. The van der Waals surface area contributed by atoms with Gasteiger partial charge in [0.05, 0.1) is 0 Å². The Morgan fingerprint density at radius 1 is 0.955 bits per heavy atom. The number of aliphatic hydroxyl groups excluding tert-OH is 1. The number of methoxy groups -OCH3 is 2. The second-order valence-corrected chi connectivity index (χ2v) is 4.40. The summed E-state index contributed by atoms with van der Waals surface area (Å²) < 4.78 is 10.8. The minimum absolute atomic E-state index is 0.218. The molecule has 0 saturated heterocycles. The van der Waals surface area contributed by atoms with Gasteiger partial charge in [0.15, 0.2) is 0 Å². The van der Waals surface area contributed by atoms with E-state index in [4.69, 9.17) is 14.6 Å². The maximum atomic E-state index is 12.7. The normalized spacial score (nSPS) is 10.5. The molecular formula is C18H22O4. The van der Waals surface area contributed by atoms with Crippen molar-refractivity contribution in [2.24, 2.45) is 0 Å². The van der Waals surface area contributed by atoms with Crippen molar-refractivity contribution in [1.29, 1.82) is 0 Å². The SMILES string of the molecule is CCO.COC(OC)(C(=O)c1ccccc1)c1ccccc1. The van der Waals surface area contributed by atoms with Gasteiger partial charge in [0.25, 0.3) is 5.79 Å². The Morgan fingerprint density at radius 2 is 1.36 bits per heavy atom. The molecule has 0 spiro atoms. The number of ketones is 1. The van der Waals surface area contributed by atoms with Crippen LogP contribution in [0.1, 0.15) is 22.8 Å². The number of hydrogen-bond donors (Lipinski definition) is 1. The maximum Gasteiger partial charge on any atom is 0.260 e. The summed E-state index contributed by atoms with van der Waals surface area (Å²) >= 11 is 0. The number of ether oxygens (including phenoxy) is 2. The first-order valence-electron chi connectivity index (χ1n) is 7.02. The van der Waals surface area contributed by atoms with Crippen LogP contribution in [0.15, 0.2) is 60.7 Å². The minimum Gasteiger partial charge on any atom is -0.397 e. The van der Waals surface area contributed by atoms with E-state index in [1.807, 2.05) is 48.5 Å². The number of hydrogen-bond acceptors (Lipinski definition) is 4. The van der Waals surface area contributed by atoms with Crippen LogP contribution < -0.4 is 0 Å². The molecule has 4 nitrogen and oxygen atoms in total. The van der Waals surface area contributed by atoms with Gasteiger partial charge in [0.2, 0.25) is 5.78 Å². The summed E-state index contributed by atoms with van der Waals surface area (Å²) in [4.78, 5) is 12.7. The Labute approximate surface area is 131 Å². The standard InChI is InChI=1S/C16H16O3.C2H6O/c1-18-16(19-2,14-11-7-4-8-12-14)15(17)13-9-5-3-6-10-13;1-2-3/h3-12H,1-2H3;3H,2H2,1H3. The average molecular weight is 302 g/mol. The summed E-state index contributed by atoms with van der Waals surface area (Å²) in [6.07, 6.45) is 0. The van der Waals surface area contributed by atoms with Gasteiger partial charge in [-0.2, -0.15) is 0 Å². The van der Waals surface area contributed by atoms with Crippen LogP contribution >= 0.6 is 0 Å². The van der Waals surface area contributed by atoms with Crippen molar-refractivity contribution in [1.82, 2.24) is 0 Å². The van der Waals surface area contributed by atoms with Crippen molar-refractivity contribution in [3.05, 3.63) is 71.8 Å². The van der Waals surface area contributed by atoms with Gasteiger partial charge in [-0.3, -0.25) is 4.79 Å². The van der Waals surface area contributed by atoms with Crippen LogP contribution in [0.25, 0.3) is 0 Å². The van der Waals surface area contributed by atoms with Crippen molar-refractivity contribution in [3.63, 3.8) is 0 Å². The first kappa shape index (κ1) is 18.0. The molecule has 1 N–H and O–H groups in total. The molecule has 0 saturated carbocycles. The van der Waals surface area contributed by atoms with E-state index in [1.54, 1.807) is 19.1 Å². The molecule has 0 unspecified atom stereocenters. The number of rotatable bonds is 5. The van der Waals surface area contributed by atoms with E-state index in [-0.39, 0.29) is 12.4 Å². The maximum absolute atomic E-state index is 12.7. The third-order valence-electron chi connectivity index (χ3n) is 3.06. The van der Waals surface area contributed by atoms with Crippen molar-refractivity contribution < 1.29 is 19.4 Å². The van der Waals surface area contributed by atoms with Crippen molar-refractivity contribution in [3.8, 4) is 0 Å². The van der Waals surface area contributed by atoms with Crippen LogP contribution in [0.2, 0.25) is 0 Å². The lowest BCUT2D eigenvalue weighted by atomic mass is 9.96. The van der Waals surface area contributed by atoms with Crippen LogP contribution in [-0.2, 0) is 15.3 Å². The van der Waals surface area contributed by atoms with Crippen LogP contribution in [0, 0.1) is 0 Å². The Kier molecular flexibility index (Phi) is 7.46. The summed E-state index contributed by atoms with van der Waals surface area (Å²) in [7, 11) is 2.94. The quantitative estimate of drug-likeness (QED) is 0.681. The molecule has 0 radical (unpaired) electrons. The van der Waals surface area contributed by atoms with E-state index in [2.05, 4.69) is 0 Å². The zero-order chi connectivity index (χ0) is 16.4. The molecule has 0 bridgehead atoms. The molecule has 2 aromatic rings. The Balaban J connectivity index is 0.000000745. The molecule has 0 aliphatic carbocycles. The van der Waals surface area contributed by atoms with Gasteiger partial charge in [0, 0.05) is 32.0 Å². The highest BCUT2D eigenvalue weighted by atomic mass is 16.7. The van der Waals surface area contributed by atoms with Crippen LogP contribution in [0.5, 0.6) is 0 Å². The van der Waals surface area contributed by atoms with Crippen molar-refractivity contribution >= 4 is 5.78 Å². The van der Waals surface area contributed by atoms with E-state index in [0.29, 0.717) is 11.1 Å². The molecule has 0 aliphatic heterocycles. The fraction of sp³-hybridized carbons (Fsp3) is 0.278. The summed E-state index contributed by atoms with van der Waals surface area (Å²) in [5, 5.41) is 7.57. The monoisotopic (exact) mass is 302 g/mol. The smallest absolute Gasteiger partial charge is 0.260 e. The average Bonchev–Trinajstić information content (AvgIpc) is 2.59. The third kappa shape index (κ3) is 4.01. The van der Waals surface area contributed by atoms with Crippen LogP contribution in [-0.4, -0.2) is 31.7 Å². The number of carbonyl (C=O) groups is 1. The number of carbonyl (C=O) groups excluding carboxylic acids is 1. The first-order valence-corrected chi connectivity index (χ1v) is 7.02. The van der Waals surface area contributed by atoms with Gasteiger partial charge in [-0.05, 0) is 6.92 Å². The van der Waals surface area contributed by atoms with Gasteiger partial charge in [-0.15, -0.1) is 0 Å². The molecule has 22 heavy (non-hydrogen) atoms. The van der Waals surface area contributed by atoms with E-state index in [0.717, 1.165) is 0 Å². The fourth-order valence-corrected chi connectivity index (χ4v) is 2.07. The largest absolute Gasteiger partial charge is 0.397 e. The minimum atomic E-state index is -1.40. The summed E-state index contributed by atoms with van der Waals surface area (Å²) in [5.74, 6) is -1.62. The molecule has 0 fully saturated rings. The van der Waals surface area contributed by atoms with Gasteiger partial charge in [-0.1, -0.05) is 60.7 Å². The van der Waals surface area contributed by atoms with E-state index >= 15 is 0 Å². The van der Waals surface area contributed by atoms with Gasteiger partial charge >= 0.3 is 0 Å². The van der Waals surface area contributed by atoms with Gasteiger partial charge < -0.3 is 14.6 Å². The van der Waals surface area contributed by atoms with Crippen LogP contribution in [0.4, 0.5) is 0 Å². The third-order valence-corrected chi connectivity index (χ3v) is 3.06. The Morgan fingerprint density at radius 3 is 1.77 bits per heavy atom. The molecular weight excluding hydrogens is 280 g/mol. The molecule has 4 heteroatoms. The summed E-state index contributed by atoms with van der Waals surface area (Å²) in [6, 6.07) is 18.2. The summed E-state index contributed by atoms with van der Waals surface area (Å²) in [5.41, 5.74) is 1.23. The predicted molar refractivity (Wildman–Crippen MR) is 85.7 cm³/mol. The molecule has 0 aromatic heterocycles. The molecule has 2 aromatic carbocycles. The zero-order valence-corrected chi connectivity index (χ0v) is 13.2. The highest BCUT2D eigenvalue weighted by molar-refractivity contribution is 6.02. The highest BCUT2D eigenvalue weighted by Gasteiger charge is 2.41. The first-order chi connectivity index (χ1) is 10.7. The van der Waals surface area contributed by atoms with E-state index in [9.17, 15) is 4.79 Å². The molecule has 0 amide bonds. The lowest BCUT2D eigenvalue weighted by Gasteiger charge is -2.29. The molecule has 118 valence electrons. The van der Waals surface area contributed by atoms with Crippen molar-refractivity contribution in [2.75, 3.05) is 20.8 Å². The number of Topliss-reactive ketones (excluding diaryl/α,β-unsaturated/α-hetero) is 1. The van der Waals surface area contributed by atoms with Crippen molar-refractivity contribution in [2.45, 2.75) is 12.7 Å². The Hall–Kier alpha value is -2.01. The molecule has 0 heterocycles. The van der Waals surface area contributed by atoms with Gasteiger partial charge in [0.1, 0.15) is 0 Å². The fourth-order valence-electron chi connectivity index (χ4n) is 2.07. The van der Waals surface area contributed by atoms with E-state index < -0.39 is 5.79 Å². The molecule has 0 aliphatic rings. The second kappa shape index (κ2) is 9.10. The molecule has 2 rings (SSSR count). The lowest BCUT2D eigenvalue weighted by molar-refractivity contribution is -0.176. The van der Waals surface area contributed by atoms with Crippen LogP contribution in [0.3, 0.4) is 0 Å². The summed E-state index contributed by atoms with van der Waals surface area (Å²) in [6.45, 7) is 1.93. The molecule has 0 atom stereocenters.